The summed E-state index contributed by atoms with van der Waals surface area (Å²) < 4.78 is 62.3. The highest BCUT2D eigenvalue weighted by atomic mass is 19.4. The van der Waals surface area contributed by atoms with Crippen LogP contribution in [0.3, 0.4) is 0 Å². The Kier molecular flexibility index (Phi) is 6.72. The smallest absolute Gasteiger partial charge is 0.416 e. The highest BCUT2D eigenvalue weighted by Gasteiger charge is 2.33. The zero-order valence-electron chi connectivity index (χ0n) is 20.4. The van der Waals surface area contributed by atoms with Crippen molar-refractivity contribution in [1.82, 2.24) is 24.5 Å². The van der Waals surface area contributed by atoms with Crippen LogP contribution >= 0.6 is 0 Å². The molecule has 2 atom stereocenters. The van der Waals surface area contributed by atoms with Gasteiger partial charge in [0.2, 0.25) is 0 Å². The summed E-state index contributed by atoms with van der Waals surface area (Å²) in [4.78, 5) is 8.22. The first-order valence-electron chi connectivity index (χ1n) is 11.8. The average molecular weight is 515 g/mol. The quantitative estimate of drug-likeness (QED) is 0.343. The Bertz CT molecular complexity index is 1370. The van der Waals surface area contributed by atoms with Crippen molar-refractivity contribution in [3.8, 4) is 17.1 Å². The number of hydrogen-bond acceptors (Lipinski definition) is 6. The van der Waals surface area contributed by atoms with Gasteiger partial charge in [-0.15, -0.1) is 10.2 Å². The Labute approximate surface area is 211 Å². The van der Waals surface area contributed by atoms with E-state index in [2.05, 4.69) is 15.2 Å². The molecule has 0 amide bonds. The molecule has 11 heteroatoms. The summed E-state index contributed by atoms with van der Waals surface area (Å²) in [7, 11) is 3.69. The van der Waals surface area contributed by atoms with Crippen molar-refractivity contribution in [1.29, 1.82) is 0 Å². The fourth-order valence-corrected chi connectivity index (χ4v) is 4.65. The Morgan fingerprint density at radius 2 is 1.86 bits per heavy atom. The van der Waals surface area contributed by atoms with Gasteiger partial charge in [-0.1, -0.05) is 30.3 Å². The summed E-state index contributed by atoms with van der Waals surface area (Å²) in [5, 5.41) is 8.76. The van der Waals surface area contributed by atoms with E-state index in [0.29, 0.717) is 36.5 Å². The van der Waals surface area contributed by atoms with Gasteiger partial charge in [0.05, 0.1) is 11.1 Å². The second-order valence-electron chi connectivity index (χ2n) is 9.27. The summed E-state index contributed by atoms with van der Waals surface area (Å²) in [5.74, 6) is 0.767. The monoisotopic (exact) mass is 514 g/mol. The molecule has 0 unspecified atom stereocenters. The number of hydrogen-bond donors (Lipinski definition) is 0. The zero-order chi connectivity index (χ0) is 26.2. The summed E-state index contributed by atoms with van der Waals surface area (Å²) in [6, 6.07) is 12.3. The van der Waals surface area contributed by atoms with E-state index in [1.165, 1.54) is 6.07 Å². The van der Waals surface area contributed by atoms with Crippen molar-refractivity contribution < 1.29 is 22.3 Å². The zero-order valence-corrected chi connectivity index (χ0v) is 20.4. The molecule has 1 fully saturated rings. The van der Waals surface area contributed by atoms with Gasteiger partial charge in [0, 0.05) is 45.0 Å². The van der Waals surface area contributed by atoms with Crippen LogP contribution in [0.15, 0.2) is 60.9 Å². The number of piperidine rings is 1. The standard InChI is InChI=1S/C26H26F4N6O/c1-34-14-19(27)13-20(15-34)35(2)25-24-31-10-11-36(24)23(32-33-25)21-9-8-18(26(28,29)30)12-22(21)37-16-17-6-4-3-5-7-17/h3-12,19-20H,13-16H2,1-2H3/t19-,20-/m1/s1. The van der Waals surface area contributed by atoms with Gasteiger partial charge in [-0.05, 0) is 30.8 Å². The molecule has 4 aromatic rings. The third-order valence-electron chi connectivity index (χ3n) is 6.54. The first kappa shape index (κ1) is 24.9. The molecule has 1 aliphatic rings. The number of rotatable bonds is 6. The SMILES string of the molecule is CN1C[C@H](F)C[C@@H](N(C)c2nnc(-c3ccc(C(F)(F)F)cc3OCc3ccccc3)n3ccnc23)C1. The van der Waals surface area contributed by atoms with E-state index in [9.17, 15) is 17.6 Å². The molecule has 0 radical (unpaired) electrons. The van der Waals surface area contributed by atoms with Crippen LogP contribution in [0, 0.1) is 0 Å². The van der Waals surface area contributed by atoms with Crippen LogP contribution in [0.1, 0.15) is 17.5 Å². The van der Waals surface area contributed by atoms with Crippen LogP contribution < -0.4 is 9.64 Å². The number of nitrogens with zero attached hydrogens (tertiary/aromatic N) is 6. The molecule has 0 spiro atoms. The largest absolute Gasteiger partial charge is 0.488 e. The number of halogens is 4. The Hall–Kier alpha value is -3.73. The third-order valence-corrected chi connectivity index (χ3v) is 6.54. The normalized spacial score (nSPS) is 18.8. The number of benzene rings is 2. The molecule has 37 heavy (non-hydrogen) atoms. The van der Waals surface area contributed by atoms with E-state index in [1.54, 1.807) is 16.8 Å². The van der Waals surface area contributed by atoms with Crippen molar-refractivity contribution in [3.05, 3.63) is 72.1 Å². The molecule has 0 bridgehead atoms. The molecule has 0 aliphatic carbocycles. The van der Waals surface area contributed by atoms with Gasteiger partial charge >= 0.3 is 6.18 Å². The molecule has 5 rings (SSSR count). The van der Waals surface area contributed by atoms with E-state index >= 15 is 0 Å². The van der Waals surface area contributed by atoms with Crippen LogP contribution in [-0.2, 0) is 12.8 Å². The van der Waals surface area contributed by atoms with Crippen molar-refractivity contribution >= 4 is 11.5 Å². The van der Waals surface area contributed by atoms with Crippen LogP contribution in [-0.4, -0.2) is 63.9 Å². The number of likely N-dealkylation sites (tertiary alicyclic amines) is 1. The highest BCUT2D eigenvalue weighted by molar-refractivity contribution is 5.72. The Morgan fingerprint density at radius 1 is 1.08 bits per heavy atom. The second kappa shape index (κ2) is 9.97. The number of aromatic nitrogens is 4. The first-order valence-corrected chi connectivity index (χ1v) is 11.8. The Morgan fingerprint density at radius 3 is 2.59 bits per heavy atom. The lowest BCUT2D eigenvalue weighted by atomic mass is 10.0. The van der Waals surface area contributed by atoms with Crippen molar-refractivity contribution in [2.75, 3.05) is 32.1 Å². The van der Waals surface area contributed by atoms with E-state index in [1.807, 2.05) is 54.2 Å². The number of alkyl halides is 4. The topological polar surface area (TPSA) is 58.8 Å². The van der Waals surface area contributed by atoms with E-state index in [4.69, 9.17) is 4.74 Å². The average Bonchev–Trinajstić information content (AvgIpc) is 3.36. The third kappa shape index (κ3) is 5.22. The van der Waals surface area contributed by atoms with E-state index < -0.39 is 17.9 Å². The van der Waals surface area contributed by atoms with Crippen LogP contribution in [0.5, 0.6) is 5.75 Å². The summed E-state index contributed by atoms with van der Waals surface area (Å²) in [6.07, 6.45) is -1.90. The predicted molar refractivity (Wildman–Crippen MR) is 131 cm³/mol. The highest BCUT2D eigenvalue weighted by Crippen LogP contribution is 2.37. The predicted octanol–water partition coefficient (Wildman–Crippen LogP) is 4.87. The maximum atomic E-state index is 14.2. The molecule has 2 aromatic carbocycles. The van der Waals surface area contributed by atoms with Crippen molar-refractivity contribution in [3.63, 3.8) is 0 Å². The van der Waals surface area contributed by atoms with Crippen LogP contribution in [0.2, 0.25) is 0 Å². The lowest BCUT2D eigenvalue weighted by Crippen LogP contribution is -2.49. The van der Waals surface area contributed by atoms with Gasteiger partial charge in [0.15, 0.2) is 17.3 Å². The molecule has 3 heterocycles. The van der Waals surface area contributed by atoms with Gasteiger partial charge in [0.25, 0.3) is 0 Å². The van der Waals surface area contributed by atoms with Gasteiger partial charge < -0.3 is 14.5 Å². The minimum Gasteiger partial charge on any atom is -0.488 e. The summed E-state index contributed by atoms with van der Waals surface area (Å²) in [6.45, 7) is 1.12. The minimum atomic E-state index is -4.53. The second-order valence-corrected chi connectivity index (χ2v) is 9.27. The summed E-state index contributed by atoms with van der Waals surface area (Å²) >= 11 is 0. The number of anilines is 1. The molecule has 1 aliphatic heterocycles. The van der Waals surface area contributed by atoms with Crippen LogP contribution in [0.25, 0.3) is 17.0 Å². The number of ether oxygens (including phenoxy) is 1. The summed E-state index contributed by atoms with van der Waals surface area (Å²) in [5.41, 5.74) is 0.790. The first-order chi connectivity index (χ1) is 17.7. The molecular formula is C26H26F4N6O. The maximum absolute atomic E-state index is 14.2. The van der Waals surface area contributed by atoms with Gasteiger partial charge in [-0.2, -0.15) is 13.2 Å². The maximum Gasteiger partial charge on any atom is 0.416 e. The van der Waals surface area contributed by atoms with Crippen molar-refractivity contribution in [2.45, 2.75) is 31.4 Å². The molecule has 0 saturated carbocycles. The molecule has 1 saturated heterocycles. The minimum absolute atomic E-state index is 0.0262. The van der Waals surface area contributed by atoms with Crippen LogP contribution in [0.4, 0.5) is 23.4 Å². The molecule has 7 nitrogen and oxygen atoms in total. The fraction of sp³-hybridized carbons (Fsp3) is 0.346. The van der Waals surface area contributed by atoms with Gasteiger partial charge in [-0.3, -0.25) is 4.40 Å². The lowest BCUT2D eigenvalue weighted by Gasteiger charge is -2.37. The van der Waals surface area contributed by atoms with Gasteiger partial charge in [0.1, 0.15) is 18.5 Å². The van der Waals surface area contributed by atoms with Gasteiger partial charge in [-0.25, -0.2) is 9.37 Å². The number of fused-ring (bicyclic) bond motifs is 1. The number of imidazole rings is 1. The molecule has 0 N–H and O–H groups in total. The molecule has 194 valence electrons. The van der Waals surface area contributed by atoms with E-state index in [0.717, 1.165) is 17.7 Å². The number of likely N-dealkylation sites (N-methyl/N-ethyl adjacent to an activating group) is 2. The van der Waals surface area contributed by atoms with Crippen molar-refractivity contribution in [2.24, 2.45) is 0 Å². The van der Waals surface area contributed by atoms with E-state index in [-0.39, 0.29) is 24.2 Å². The molecular weight excluding hydrogens is 488 g/mol. The lowest BCUT2D eigenvalue weighted by molar-refractivity contribution is -0.137. The fourth-order valence-electron chi connectivity index (χ4n) is 4.65. The molecule has 2 aromatic heterocycles. The Balaban J connectivity index is 1.53.